The van der Waals surface area contributed by atoms with E-state index in [1.807, 2.05) is 0 Å². The first-order valence-corrected chi connectivity index (χ1v) is 8.52. The number of methoxy groups -OCH3 is 1. The summed E-state index contributed by atoms with van der Waals surface area (Å²) in [6.45, 7) is 0.0886. The van der Waals surface area contributed by atoms with E-state index in [2.05, 4.69) is 15.6 Å². The fraction of sp³-hybridized carbons (Fsp3) is 0.100. The molecule has 3 aromatic rings. The topological polar surface area (TPSA) is 63.2 Å². The number of rotatable bonds is 6. The highest BCUT2D eigenvalue weighted by Gasteiger charge is 2.10. The van der Waals surface area contributed by atoms with Gasteiger partial charge in [0.25, 0.3) is 5.91 Å². The normalized spacial score (nSPS) is 10.3. The predicted octanol–water partition coefficient (Wildman–Crippen LogP) is 4.56. The van der Waals surface area contributed by atoms with Crippen LogP contribution in [0.1, 0.15) is 15.9 Å². The van der Waals surface area contributed by atoms with Gasteiger partial charge in [0.05, 0.1) is 30.2 Å². The summed E-state index contributed by atoms with van der Waals surface area (Å²) >= 11 is 6.03. The van der Waals surface area contributed by atoms with Crippen molar-refractivity contribution in [1.29, 1.82) is 0 Å². The summed E-state index contributed by atoms with van der Waals surface area (Å²) in [6, 6.07) is 13.1. The minimum atomic E-state index is -0.362. The molecule has 27 heavy (non-hydrogen) atoms. The Morgan fingerprint density at radius 1 is 1.19 bits per heavy atom. The predicted molar refractivity (Wildman–Crippen MR) is 103 cm³/mol. The van der Waals surface area contributed by atoms with E-state index in [1.165, 1.54) is 12.3 Å². The van der Waals surface area contributed by atoms with Crippen LogP contribution < -0.4 is 15.4 Å². The minimum Gasteiger partial charge on any atom is -0.495 e. The lowest BCUT2D eigenvalue weighted by atomic mass is 10.2. The van der Waals surface area contributed by atoms with Crippen LogP contribution in [0.3, 0.4) is 0 Å². The first kappa shape index (κ1) is 18.7. The molecule has 0 fully saturated rings. The van der Waals surface area contributed by atoms with Crippen molar-refractivity contribution in [1.82, 2.24) is 10.3 Å². The monoisotopic (exact) mass is 385 g/mol. The standard InChI is InChI=1S/C20H17ClFN3O2/c1-27-19-7-6-15(21)9-18(19)25-16-8-14(10-23-12-16)20(26)24-11-13-4-2-3-5-17(13)22/h2-10,12,25H,11H2,1H3,(H,24,26). The molecule has 0 bridgehead atoms. The maximum atomic E-state index is 13.7. The van der Waals surface area contributed by atoms with E-state index in [0.29, 0.717) is 33.3 Å². The van der Waals surface area contributed by atoms with E-state index in [9.17, 15) is 9.18 Å². The summed E-state index contributed by atoms with van der Waals surface area (Å²) in [5.41, 5.74) is 2.00. The Morgan fingerprint density at radius 2 is 2.00 bits per heavy atom. The van der Waals surface area contributed by atoms with E-state index < -0.39 is 0 Å². The number of pyridine rings is 1. The van der Waals surface area contributed by atoms with Crippen molar-refractivity contribution in [2.75, 3.05) is 12.4 Å². The van der Waals surface area contributed by atoms with Crippen molar-refractivity contribution in [2.45, 2.75) is 6.54 Å². The Morgan fingerprint density at radius 3 is 2.78 bits per heavy atom. The average Bonchev–Trinajstić information content (AvgIpc) is 2.67. The zero-order valence-electron chi connectivity index (χ0n) is 14.5. The maximum Gasteiger partial charge on any atom is 0.253 e. The molecular weight excluding hydrogens is 369 g/mol. The van der Waals surface area contributed by atoms with Crippen LogP contribution >= 0.6 is 11.6 Å². The highest BCUT2D eigenvalue weighted by Crippen LogP contribution is 2.30. The van der Waals surface area contributed by atoms with Crippen LogP contribution in [-0.2, 0) is 6.54 Å². The van der Waals surface area contributed by atoms with Gasteiger partial charge in [0.1, 0.15) is 11.6 Å². The molecule has 3 rings (SSSR count). The molecule has 2 aromatic carbocycles. The largest absolute Gasteiger partial charge is 0.495 e. The van der Waals surface area contributed by atoms with E-state index in [-0.39, 0.29) is 18.3 Å². The molecule has 0 saturated heterocycles. The second-order valence-electron chi connectivity index (χ2n) is 5.71. The molecule has 1 heterocycles. The molecule has 1 amide bonds. The number of hydrogen-bond donors (Lipinski definition) is 2. The van der Waals surface area contributed by atoms with Crippen molar-refractivity contribution in [3.8, 4) is 5.75 Å². The van der Waals surface area contributed by atoms with Crippen molar-refractivity contribution in [2.24, 2.45) is 0 Å². The highest BCUT2D eigenvalue weighted by atomic mass is 35.5. The number of nitrogens with one attached hydrogen (secondary N) is 2. The fourth-order valence-electron chi connectivity index (χ4n) is 2.49. The lowest BCUT2D eigenvalue weighted by Gasteiger charge is -2.12. The summed E-state index contributed by atoms with van der Waals surface area (Å²) < 4.78 is 18.9. The van der Waals surface area contributed by atoms with Gasteiger partial charge in [-0.3, -0.25) is 9.78 Å². The van der Waals surface area contributed by atoms with Crippen molar-refractivity contribution in [3.63, 3.8) is 0 Å². The van der Waals surface area contributed by atoms with Crippen LogP contribution in [0, 0.1) is 5.82 Å². The van der Waals surface area contributed by atoms with Gasteiger partial charge in [-0.1, -0.05) is 29.8 Å². The molecule has 0 aliphatic rings. The maximum absolute atomic E-state index is 13.7. The van der Waals surface area contributed by atoms with Gasteiger partial charge in [-0.15, -0.1) is 0 Å². The number of hydrogen-bond acceptors (Lipinski definition) is 4. The fourth-order valence-corrected chi connectivity index (χ4v) is 2.66. The van der Waals surface area contributed by atoms with Crippen LogP contribution in [0.25, 0.3) is 0 Å². The number of carbonyl (C=O) groups is 1. The number of amides is 1. The third-order valence-electron chi connectivity index (χ3n) is 3.84. The minimum absolute atomic E-state index is 0.0886. The molecule has 1 aromatic heterocycles. The van der Waals surface area contributed by atoms with E-state index in [1.54, 1.807) is 55.8 Å². The number of halogens is 2. The second-order valence-corrected chi connectivity index (χ2v) is 6.14. The Bertz CT molecular complexity index is 965. The van der Waals surface area contributed by atoms with E-state index in [4.69, 9.17) is 16.3 Å². The molecular formula is C20H17ClFN3O2. The second kappa shape index (κ2) is 8.51. The van der Waals surface area contributed by atoms with Gasteiger partial charge in [-0.2, -0.15) is 0 Å². The van der Waals surface area contributed by atoms with Gasteiger partial charge in [-0.05, 0) is 30.3 Å². The summed E-state index contributed by atoms with van der Waals surface area (Å²) in [6.07, 6.45) is 3.02. The lowest BCUT2D eigenvalue weighted by Crippen LogP contribution is -2.23. The first-order valence-electron chi connectivity index (χ1n) is 8.14. The third kappa shape index (κ3) is 4.74. The van der Waals surface area contributed by atoms with Gasteiger partial charge in [0.2, 0.25) is 0 Å². The molecule has 2 N–H and O–H groups in total. The summed E-state index contributed by atoms with van der Waals surface area (Å²) in [5, 5.41) is 6.36. The number of anilines is 2. The smallest absolute Gasteiger partial charge is 0.253 e. The first-order chi connectivity index (χ1) is 13.1. The van der Waals surface area contributed by atoms with Crippen molar-refractivity contribution < 1.29 is 13.9 Å². The number of carbonyl (C=O) groups excluding carboxylic acids is 1. The molecule has 138 valence electrons. The summed E-state index contributed by atoms with van der Waals surface area (Å²) in [5.74, 6) is -0.110. The Balaban J connectivity index is 1.73. The number of nitrogens with zero attached hydrogens (tertiary/aromatic N) is 1. The molecule has 5 nitrogen and oxygen atoms in total. The van der Waals surface area contributed by atoms with Gasteiger partial charge in [0.15, 0.2) is 0 Å². The van der Waals surface area contributed by atoms with Crippen molar-refractivity contribution in [3.05, 3.63) is 82.9 Å². The lowest BCUT2D eigenvalue weighted by molar-refractivity contribution is 0.0950. The number of ether oxygens (including phenoxy) is 1. The summed E-state index contributed by atoms with van der Waals surface area (Å²) in [4.78, 5) is 16.4. The Kier molecular flexibility index (Phi) is 5.88. The number of aromatic nitrogens is 1. The van der Waals surface area contributed by atoms with E-state index >= 15 is 0 Å². The molecule has 0 aliphatic heterocycles. The van der Waals surface area contributed by atoms with Gasteiger partial charge in [0, 0.05) is 23.3 Å². The average molecular weight is 386 g/mol. The summed E-state index contributed by atoms with van der Waals surface area (Å²) in [7, 11) is 1.55. The molecule has 0 aliphatic carbocycles. The van der Waals surface area contributed by atoms with Crippen LogP contribution in [0.15, 0.2) is 60.9 Å². The quantitative estimate of drug-likeness (QED) is 0.653. The van der Waals surface area contributed by atoms with Crippen LogP contribution in [0.4, 0.5) is 15.8 Å². The van der Waals surface area contributed by atoms with Crippen LogP contribution in [0.5, 0.6) is 5.75 Å². The SMILES string of the molecule is COc1ccc(Cl)cc1Nc1cncc(C(=O)NCc2ccccc2F)c1. The third-order valence-corrected chi connectivity index (χ3v) is 4.07. The molecule has 0 saturated carbocycles. The molecule has 0 atom stereocenters. The van der Waals surface area contributed by atoms with E-state index in [0.717, 1.165) is 0 Å². The number of benzene rings is 2. The zero-order chi connectivity index (χ0) is 19.2. The van der Waals surface area contributed by atoms with Crippen molar-refractivity contribution >= 4 is 28.9 Å². The molecule has 7 heteroatoms. The highest BCUT2D eigenvalue weighted by molar-refractivity contribution is 6.31. The Labute approximate surface area is 161 Å². The van der Waals surface area contributed by atoms with Gasteiger partial charge >= 0.3 is 0 Å². The Hall–Kier alpha value is -3.12. The molecule has 0 unspecified atom stereocenters. The van der Waals surface area contributed by atoms with Gasteiger partial charge in [-0.25, -0.2) is 4.39 Å². The van der Waals surface area contributed by atoms with Crippen LogP contribution in [0.2, 0.25) is 5.02 Å². The van der Waals surface area contributed by atoms with Crippen LogP contribution in [-0.4, -0.2) is 18.0 Å². The zero-order valence-corrected chi connectivity index (χ0v) is 15.3. The molecule has 0 radical (unpaired) electrons. The van der Waals surface area contributed by atoms with Gasteiger partial charge < -0.3 is 15.4 Å². The molecule has 0 spiro atoms.